The molecule has 0 aliphatic heterocycles. The molecular formula is C11H18ClNO2S2. The Labute approximate surface area is 112 Å². The number of rotatable bonds is 6. The first-order chi connectivity index (χ1) is 7.97. The van der Waals surface area contributed by atoms with Gasteiger partial charge in [0.15, 0.2) is 0 Å². The third kappa shape index (κ3) is 3.22. The predicted molar refractivity (Wildman–Crippen MR) is 73.2 cm³/mol. The second-order valence-electron chi connectivity index (χ2n) is 3.85. The van der Waals surface area contributed by atoms with Gasteiger partial charge in [0.25, 0.3) is 10.0 Å². The summed E-state index contributed by atoms with van der Waals surface area (Å²) in [5.74, 6) is 0.356. The zero-order valence-corrected chi connectivity index (χ0v) is 12.7. The van der Waals surface area contributed by atoms with Crippen molar-refractivity contribution in [3.63, 3.8) is 0 Å². The van der Waals surface area contributed by atoms with Crippen molar-refractivity contribution in [1.82, 2.24) is 4.31 Å². The highest BCUT2D eigenvalue weighted by Crippen LogP contribution is 2.27. The molecule has 3 nitrogen and oxygen atoms in total. The first-order valence-electron chi connectivity index (χ1n) is 5.60. The van der Waals surface area contributed by atoms with Gasteiger partial charge >= 0.3 is 0 Å². The molecule has 98 valence electrons. The standard InChI is InChI=1S/C11H18ClNO2S2/c1-4-9(5-2)13(3)17(14,15)11-7-6-10(8-12)16-11/h6-7,9H,4-5,8H2,1-3H3. The van der Waals surface area contributed by atoms with Gasteiger partial charge in [-0.05, 0) is 25.0 Å². The van der Waals surface area contributed by atoms with E-state index in [-0.39, 0.29) is 6.04 Å². The minimum absolute atomic E-state index is 0.0570. The summed E-state index contributed by atoms with van der Waals surface area (Å²) in [4.78, 5) is 0.878. The van der Waals surface area contributed by atoms with Gasteiger partial charge in [-0.2, -0.15) is 4.31 Å². The van der Waals surface area contributed by atoms with E-state index in [1.807, 2.05) is 13.8 Å². The van der Waals surface area contributed by atoms with Crippen LogP contribution in [0, 0.1) is 0 Å². The number of nitrogens with zero attached hydrogens (tertiary/aromatic N) is 1. The van der Waals surface area contributed by atoms with Crippen LogP contribution in [0.15, 0.2) is 16.3 Å². The Morgan fingerprint density at radius 1 is 1.35 bits per heavy atom. The summed E-state index contributed by atoms with van der Waals surface area (Å²) in [6.07, 6.45) is 1.64. The van der Waals surface area contributed by atoms with E-state index >= 15 is 0 Å². The molecule has 1 aromatic rings. The van der Waals surface area contributed by atoms with Gasteiger partial charge in [0.1, 0.15) is 4.21 Å². The van der Waals surface area contributed by atoms with E-state index in [1.165, 1.54) is 15.6 Å². The Bertz CT molecular complexity index is 452. The normalized spacial score (nSPS) is 12.6. The summed E-state index contributed by atoms with van der Waals surface area (Å²) in [6.45, 7) is 4.00. The smallest absolute Gasteiger partial charge is 0.206 e. The minimum Gasteiger partial charge on any atom is -0.206 e. The predicted octanol–water partition coefficient (Wildman–Crippen LogP) is 3.30. The zero-order valence-electron chi connectivity index (χ0n) is 10.3. The molecule has 0 fully saturated rings. The highest BCUT2D eigenvalue weighted by molar-refractivity contribution is 7.91. The molecule has 0 radical (unpaired) electrons. The van der Waals surface area contributed by atoms with Gasteiger partial charge in [-0.25, -0.2) is 8.42 Å². The number of thiophene rings is 1. The number of hydrogen-bond donors (Lipinski definition) is 0. The summed E-state index contributed by atoms with van der Waals surface area (Å²) in [5, 5.41) is 0. The van der Waals surface area contributed by atoms with Crippen LogP contribution in [-0.2, 0) is 15.9 Å². The molecule has 0 saturated carbocycles. The number of halogens is 1. The van der Waals surface area contributed by atoms with Crippen molar-refractivity contribution in [2.75, 3.05) is 7.05 Å². The van der Waals surface area contributed by atoms with Crippen LogP contribution in [-0.4, -0.2) is 25.8 Å². The molecule has 0 unspecified atom stereocenters. The van der Waals surface area contributed by atoms with Crippen LogP contribution in [0.3, 0.4) is 0 Å². The third-order valence-electron chi connectivity index (χ3n) is 2.86. The summed E-state index contributed by atoms with van der Waals surface area (Å²) < 4.78 is 26.5. The van der Waals surface area contributed by atoms with Crippen LogP contribution < -0.4 is 0 Å². The molecule has 17 heavy (non-hydrogen) atoms. The van der Waals surface area contributed by atoms with E-state index in [1.54, 1.807) is 19.2 Å². The molecular weight excluding hydrogens is 278 g/mol. The van der Waals surface area contributed by atoms with Gasteiger partial charge in [0, 0.05) is 18.0 Å². The fourth-order valence-corrected chi connectivity index (χ4v) is 4.86. The topological polar surface area (TPSA) is 37.4 Å². The maximum absolute atomic E-state index is 12.3. The average Bonchev–Trinajstić information content (AvgIpc) is 2.79. The molecule has 6 heteroatoms. The van der Waals surface area contributed by atoms with E-state index in [9.17, 15) is 8.42 Å². The Balaban J connectivity index is 3.01. The highest BCUT2D eigenvalue weighted by atomic mass is 35.5. The summed E-state index contributed by atoms with van der Waals surface area (Å²) in [6, 6.07) is 3.46. The summed E-state index contributed by atoms with van der Waals surface area (Å²) >= 11 is 6.93. The number of hydrogen-bond acceptors (Lipinski definition) is 3. The molecule has 0 aromatic carbocycles. The third-order valence-corrected chi connectivity index (χ3v) is 6.77. The van der Waals surface area contributed by atoms with Crippen molar-refractivity contribution >= 4 is 33.0 Å². The molecule has 1 rings (SSSR count). The van der Waals surface area contributed by atoms with Gasteiger partial charge in [-0.3, -0.25) is 0 Å². The van der Waals surface area contributed by atoms with Crippen LogP contribution in [0.1, 0.15) is 31.6 Å². The van der Waals surface area contributed by atoms with Gasteiger partial charge in [0.05, 0.1) is 5.88 Å². The zero-order chi connectivity index (χ0) is 13.1. The Kier molecular flexibility index (Phi) is 5.44. The maximum atomic E-state index is 12.3. The van der Waals surface area contributed by atoms with Crippen LogP contribution in [0.2, 0.25) is 0 Å². The van der Waals surface area contributed by atoms with Crippen molar-refractivity contribution in [1.29, 1.82) is 0 Å². The first kappa shape index (κ1) is 15.0. The fraction of sp³-hybridized carbons (Fsp3) is 0.636. The Hall–Kier alpha value is -0.100. The largest absolute Gasteiger partial charge is 0.252 e. The second kappa shape index (κ2) is 6.18. The van der Waals surface area contributed by atoms with Crippen molar-refractivity contribution in [3.8, 4) is 0 Å². The summed E-state index contributed by atoms with van der Waals surface area (Å²) in [7, 11) is -1.71. The van der Waals surface area contributed by atoms with Gasteiger partial charge in [-0.1, -0.05) is 13.8 Å². The van der Waals surface area contributed by atoms with Crippen molar-refractivity contribution in [2.24, 2.45) is 0 Å². The SMILES string of the molecule is CCC(CC)N(C)S(=O)(=O)c1ccc(CCl)s1. The molecule has 0 aliphatic carbocycles. The summed E-state index contributed by atoms with van der Waals surface area (Å²) in [5.41, 5.74) is 0. The molecule has 0 amide bonds. The average molecular weight is 296 g/mol. The molecule has 0 atom stereocenters. The van der Waals surface area contributed by atoms with Gasteiger partial charge in [0.2, 0.25) is 0 Å². The van der Waals surface area contributed by atoms with E-state index in [0.29, 0.717) is 10.1 Å². The molecule has 0 bridgehead atoms. The van der Waals surface area contributed by atoms with E-state index in [0.717, 1.165) is 17.7 Å². The quantitative estimate of drug-likeness (QED) is 0.755. The molecule has 0 aliphatic rings. The number of sulfonamides is 1. The van der Waals surface area contributed by atoms with Crippen molar-refractivity contribution < 1.29 is 8.42 Å². The van der Waals surface area contributed by atoms with E-state index in [4.69, 9.17) is 11.6 Å². The highest BCUT2D eigenvalue weighted by Gasteiger charge is 2.27. The van der Waals surface area contributed by atoms with Crippen molar-refractivity contribution in [3.05, 3.63) is 17.0 Å². The van der Waals surface area contributed by atoms with Crippen LogP contribution in [0.5, 0.6) is 0 Å². The lowest BCUT2D eigenvalue weighted by Gasteiger charge is -2.24. The van der Waals surface area contributed by atoms with Crippen molar-refractivity contribution in [2.45, 2.75) is 42.8 Å². The molecule has 0 spiro atoms. The monoisotopic (exact) mass is 295 g/mol. The van der Waals surface area contributed by atoms with Crippen LogP contribution in [0.25, 0.3) is 0 Å². The van der Waals surface area contributed by atoms with E-state index < -0.39 is 10.0 Å². The minimum atomic E-state index is -3.36. The first-order valence-corrected chi connectivity index (χ1v) is 8.39. The molecule has 1 heterocycles. The Morgan fingerprint density at radius 3 is 2.35 bits per heavy atom. The van der Waals surface area contributed by atoms with Gasteiger partial charge in [-0.15, -0.1) is 22.9 Å². The molecule has 1 aromatic heterocycles. The maximum Gasteiger partial charge on any atom is 0.252 e. The van der Waals surface area contributed by atoms with Gasteiger partial charge < -0.3 is 0 Å². The lowest BCUT2D eigenvalue weighted by atomic mass is 10.2. The van der Waals surface area contributed by atoms with Crippen LogP contribution in [0.4, 0.5) is 0 Å². The van der Waals surface area contributed by atoms with Crippen LogP contribution >= 0.6 is 22.9 Å². The fourth-order valence-electron chi connectivity index (χ4n) is 1.71. The molecule has 0 N–H and O–H groups in total. The lowest BCUT2D eigenvalue weighted by molar-refractivity contribution is 0.350. The van der Waals surface area contributed by atoms with E-state index in [2.05, 4.69) is 0 Å². The second-order valence-corrected chi connectivity index (χ2v) is 7.51. The molecule has 0 saturated heterocycles. The number of alkyl halides is 1. The Morgan fingerprint density at radius 2 is 1.94 bits per heavy atom. The lowest BCUT2D eigenvalue weighted by Crippen LogP contribution is -2.35.